The van der Waals surface area contributed by atoms with E-state index in [1.807, 2.05) is 0 Å². The van der Waals surface area contributed by atoms with Crippen LogP contribution in [0.15, 0.2) is 0 Å². The van der Waals surface area contributed by atoms with Crippen molar-refractivity contribution >= 4 is 39.5 Å². The van der Waals surface area contributed by atoms with Crippen molar-refractivity contribution in [2.45, 2.75) is 439 Å². The Hall–Kier alpha value is -1.94. The maximum atomic E-state index is 13.1. The summed E-state index contributed by atoms with van der Waals surface area (Å²) in [6.45, 7) is 9.64. The number of carbonyl (C=O) groups is 4. The molecule has 0 aliphatic carbocycles. The van der Waals surface area contributed by atoms with Crippen LogP contribution in [-0.2, 0) is 65.4 Å². The normalized spacial score (nSPS) is 13.9. The zero-order valence-corrected chi connectivity index (χ0v) is 66.6. The topological polar surface area (TPSA) is 237 Å². The van der Waals surface area contributed by atoms with Crippen LogP contribution in [0.3, 0.4) is 0 Å². The van der Waals surface area contributed by atoms with E-state index in [9.17, 15) is 43.2 Å². The molecule has 3 N–H and O–H groups in total. The first-order chi connectivity index (χ1) is 47.9. The summed E-state index contributed by atoms with van der Waals surface area (Å²) in [6, 6.07) is 0. The first-order valence-electron chi connectivity index (χ1n) is 41.5. The van der Waals surface area contributed by atoms with Crippen LogP contribution in [-0.4, -0.2) is 96.7 Å². The maximum Gasteiger partial charge on any atom is 0.472 e. The van der Waals surface area contributed by atoms with Gasteiger partial charge in [-0.25, -0.2) is 9.13 Å². The number of hydrogen-bond acceptors (Lipinski definition) is 15. The van der Waals surface area contributed by atoms with Crippen molar-refractivity contribution < 1.29 is 80.2 Å². The van der Waals surface area contributed by atoms with Gasteiger partial charge < -0.3 is 33.8 Å². The maximum absolute atomic E-state index is 13.1. The molecular formula is C80H156O17P2. The highest BCUT2D eigenvalue weighted by Crippen LogP contribution is 2.45. The third kappa shape index (κ3) is 74.1. The zero-order chi connectivity index (χ0) is 72.8. The third-order valence-corrected chi connectivity index (χ3v) is 20.6. The highest BCUT2D eigenvalue weighted by Gasteiger charge is 2.30. The molecule has 0 spiro atoms. The molecule has 5 atom stereocenters. The van der Waals surface area contributed by atoms with E-state index in [-0.39, 0.29) is 25.7 Å². The van der Waals surface area contributed by atoms with Crippen LogP contribution in [0.25, 0.3) is 0 Å². The highest BCUT2D eigenvalue weighted by atomic mass is 31.2. The summed E-state index contributed by atoms with van der Waals surface area (Å²) in [7, 11) is -9.91. The minimum Gasteiger partial charge on any atom is -0.462 e. The lowest BCUT2D eigenvalue weighted by molar-refractivity contribution is -0.161. The molecule has 0 fully saturated rings. The minimum absolute atomic E-state index is 0.107. The predicted octanol–water partition coefficient (Wildman–Crippen LogP) is 23.9. The summed E-state index contributed by atoms with van der Waals surface area (Å²) in [4.78, 5) is 72.9. The lowest BCUT2D eigenvalue weighted by Gasteiger charge is -2.21. The smallest absolute Gasteiger partial charge is 0.462 e. The van der Waals surface area contributed by atoms with Crippen molar-refractivity contribution in [3.05, 3.63) is 0 Å². The average molecular weight is 1450 g/mol. The van der Waals surface area contributed by atoms with E-state index in [1.54, 1.807) is 0 Å². The largest absolute Gasteiger partial charge is 0.472 e. The summed E-state index contributed by atoms with van der Waals surface area (Å²) in [5.41, 5.74) is 0. The van der Waals surface area contributed by atoms with E-state index in [2.05, 4.69) is 41.5 Å². The average Bonchev–Trinajstić information content (AvgIpc) is 1.00. The lowest BCUT2D eigenvalue weighted by Crippen LogP contribution is -2.30. The molecule has 0 saturated carbocycles. The molecule has 0 aromatic heterocycles. The van der Waals surface area contributed by atoms with Gasteiger partial charge in [0.05, 0.1) is 26.4 Å². The molecule has 99 heavy (non-hydrogen) atoms. The number of aliphatic hydroxyl groups excluding tert-OH is 1. The number of esters is 4. The summed E-state index contributed by atoms with van der Waals surface area (Å²) >= 11 is 0. The fourth-order valence-electron chi connectivity index (χ4n) is 12.4. The summed E-state index contributed by atoms with van der Waals surface area (Å²) < 4.78 is 68.6. The van der Waals surface area contributed by atoms with E-state index in [1.165, 1.54) is 231 Å². The Morgan fingerprint density at radius 3 is 0.687 bits per heavy atom. The second-order valence-corrected chi connectivity index (χ2v) is 32.7. The first-order valence-corrected chi connectivity index (χ1v) is 44.5. The minimum atomic E-state index is -4.96. The Labute approximate surface area is 607 Å². The van der Waals surface area contributed by atoms with Crippen LogP contribution in [0.2, 0.25) is 0 Å². The van der Waals surface area contributed by atoms with Crippen LogP contribution in [0, 0.1) is 11.8 Å². The second kappa shape index (κ2) is 71.7. The van der Waals surface area contributed by atoms with E-state index in [0.717, 1.165) is 108 Å². The van der Waals surface area contributed by atoms with Crippen molar-refractivity contribution in [1.82, 2.24) is 0 Å². The Balaban J connectivity index is 5.21. The SMILES string of the molecule is CCCCCCCCCCCCCCCCCCCC(=O)OC[C@H](COP(=O)(O)OC[C@@H](O)COP(=O)(O)OC[C@@H](COC(=O)CCCCCCCCCC)OC(=O)CCCCCCCCCCCCCCC(C)C)OC(=O)CCCCCCCCCCCCCCCCCCC(C)C. The van der Waals surface area contributed by atoms with Gasteiger partial charge in [-0.15, -0.1) is 0 Å². The quantitative estimate of drug-likeness (QED) is 0.0222. The summed E-state index contributed by atoms with van der Waals surface area (Å²) in [5, 5.41) is 10.6. The van der Waals surface area contributed by atoms with Gasteiger partial charge in [0.1, 0.15) is 19.3 Å². The number of aliphatic hydroxyl groups is 1. The van der Waals surface area contributed by atoms with Crippen molar-refractivity contribution in [3.8, 4) is 0 Å². The number of ether oxygens (including phenoxy) is 4. The van der Waals surface area contributed by atoms with Crippen molar-refractivity contribution in [2.75, 3.05) is 39.6 Å². The first kappa shape index (κ1) is 97.1. The second-order valence-electron chi connectivity index (χ2n) is 29.8. The van der Waals surface area contributed by atoms with E-state index in [0.29, 0.717) is 25.7 Å². The monoisotopic (exact) mass is 1450 g/mol. The van der Waals surface area contributed by atoms with Crippen LogP contribution in [0.1, 0.15) is 420 Å². The van der Waals surface area contributed by atoms with Crippen molar-refractivity contribution in [1.29, 1.82) is 0 Å². The van der Waals surface area contributed by atoms with Gasteiger partial charge in [-0.05, 0) is 37.5 Å². The third-order valence-electron chi connectivity index (χ3n) is 18.7. The molecule has 17 nitrogen and oxygen atoms in total. The Bertz CT molecular complexity index is 1910. The van der Waals surface area contributed by atoms with Crippen LogP contribution < -0.4 is 0 Å². The molecular weight excluding hydrogens is 1290 g/mol. The molecule has 0 radical (unpaired) electrons. The van der Waals surface area contributed by atoms with Crippen LogP contribution >= 0.6 is 15.6 Å². The highest BCUT2D eigenvalue weighted by molar-refractivity contribution is 7.47. The number of unbranched alkanes of at least 4 members (excludes halogenated alkanes) is 49. The van der Waals surface area contributed by atoms with Crippen molar-refractivity contribution in [2.24, 2.45) is 11.8 Å². The van der Waals surface area contributed by atoms with Gasteiger partial charge in [0, 0.05) is 25.7 Å². The molecule has 0 rings (SSSR count). The van der Waals surface area contributed by atoms with Crippen molar-refractivity contribution in [3.63, 3.8) is 0 Å². The molecule has 588 valence electrons. The van der Waals surface area contributed by atoms with Gasteiger partial charge in [-0.3, -0.25) is 37.3 Å². The number of phosphoric ester groups is 2. The molecule has 19 heteroatoms. The van der Waals surface area contributed by atoms with E-state index < -0.39 is 97.5 Å². The Kier molecular flexibility index (Phi) is 70.3. The molecule has 0 heterocycles. The van der Waals surface area contributed by atoms with Gasteiger partial charge in [0.15, 0.2) is 12.2 Å². The molecule has 2 unspecified atom stereocenters. The fourth-order valence-corrected chi connectivity index (χ4v) is 13.9. The molecule has 0 saturated heterocycles. The number of carbonyl (C=O) groups excluding carboxylic acids is 4. The lowest BCUT2D eigenvalue weighted by atomic mass is 10.0. The predicted molar refractivity (Wildman–Crippen MR) is 405 cm³/mol. The molecule has 0 aromatic carbocycles. The molecule has 0 amide bonds. The standard InChI is InChI=1S/C80H156O17P2/c1-7-9-11-13-15-17-18-19-20-21-25-28-34-39-45-51-57-63-78(83)91-69-76(97-79(84)64-58-52-46-40-35-29-26-23-22-24-27-32-37-42-48-54-60-72(3)4)71-95-99(88,89)93-67-74(81)66-92-98(86,87)94-70-75(68-90-77(82)62-56-50-44-16-14-12-10-8-2)96-80(85)65-59-53-47-41-36-31-30-33-38-43-49-55-61-73(5)6/h72-76,81H,7-71H2,1-6H3,(H,86,87)(H,88,89)/t74-,75+,76+/m0/s1. The van der Waals surface area contributed by atoms with Gasteiger partial charge in [0.2, 0.25) is 0 Å². The van der Waals surface area contributed by atoms with Gasteiger partial charge in [0.25, 0.3) is 0 Å². The fraction of sp³-hybridized carbons (Fsp3) is 0.950. The summed E-state index contributed by atoms with van der Waals surface area (Å²) in [5.74, 6) is -0.525. The Morgan fingerprint density at radius 1 is 0.273 bits per heavy atom. The van der Waals surface area contributed by atoms with Crippen LogP contribution in [0.5, 0.6) is 0 Å². The number of rotatable bonds is 79. The molecule has 0 aromatic rings. The molecule has 0 aliphatic rings. The van der Waals surface area contributed by atoms with E-state index in [4.69, 9.17) is 37.0 Å². The number of phosphoric acid groups is 2. The van der Waals surface area contributed by atoms with Gasteiger partial charge in [-0.2, -0.15) is 0 Å². The van der Waals surface area contributed by atoms with Gasteiger partial charge in [-0.1, -0.05) is 369 Å². The number of hydrogen-bond donors (Lipinski definition) is 3. The van der Waals surface area contributed by atoms with E-state index >= 15 is 0 Å². The zero-order valence-electron chi connectivity index (χ0n) is 64.8. The van der Waals surface area contributed by atoms with Gasteiger partial charge >= 0.3 is 39.5 Å². The molecule has 0 bridgehead atoms. The summed E-state index contributed by atoms with van der Waals surface area (Å²) in [6.07, 6.45) is 61.1. The molecule has 0 aliphatic heterocycles. The van der Waals surface area contributed by atoms with Crippen LogP contribution in [0.4, 0.5) is 0 Å². The Morgan fingerprint density at radius 2 is 0.465 bits per heavy atom.